The number of ether oxygens (including phenoxy) is 2. The van der Waals surface area contributed by atoms with Gasteiger partial charge in [-0.15, -0.1) is 0 Å². The van der Waals surface area contributed by atoms with Crippen LogP contribution in [-0.2, 0) is 26.1 Å². The van der Waals surface area contributed by atoms with Crippen molar-refractivity contribution >= 4 is 0 Å². The normalized spacial score (nSPS) is 14.7. The Hall–Kier alpha value is -2.12. The third-order valence-corrected chi connectivity index (χ3v) is 3.85. The molecule has 2 N–H and O–H groups in total. The molecule has 2 heterocycles. The molecular weight excluding hydrogens is 284 g/mol. The molecule has 0 saturated heterocycles. The molecule has 1 aromatic carbocycles. The van der Waals surface area contributed by atoms with Crippen molar-refractivity contribution in [2.24, 2.45) is 5.73 Å². The summed E-state index contributed by atoms with van der Waals surface area (Å²) in [5.41, 5.74) is 8.02. The van der Waals surface area contributed by atoms with Crippen LogP contribution in [0.15, 0.2) is 16.7 Å². The summed E-state index contributed by atoms with van der Waals surface area (Å²) in [6.07, 6.45) is 0.956. The highest BCUT2D eigenvalue weighted by Gasteiger charge is 2.20. The Kier molecular flexibility index (Phi) is 4.26. The minimum Gasteiger partial charge on any atom is -0.493 e. The molecule has 1 aliphatic heterocycles. The number of methoxy groups -OCH3 is 2. The lowest BCUT2D eigenvalue weighted by Gasteiger charge is -2.28. The standard InChI is InChI=1S/C15H20N4O3/c1-20-12-5-10-3-4-19(8-11(10)6-13(12)21-2)9-14-17-15(7-16)22-18-14/h5-6H,3-4,7-9,16H2,1-2H3. The van der Waals surface area contributed by atoms with Gasteiger partial charge in [0, 0.05) is 13.1 Å². The second-order valence-electron chi connectivity index (χ2n) is 5.25. The zero-order valence-corrected chi connectivity index (χ0v) is 12.8. The summed E-state index contributed by atoms with van der Waals surface area (Å²) in [5, 5.41) is 3.95. The van der Waals surface area contributed by atoms with E-state index in [-0.39, 0.29) is 6.54 Å². The summed E-state index contributed by atoms with van der Waals surface area (Å²) in [4.78, 5) is 6.53. The lowest BCUT2D eigenvalue weighted by molar-refractivity contribution is 0.234. The fourth-order valence-corrected chi connectivity index (χ4v) is 2.71. The minimum atomic E-state index is 0.271. The smallest absolute Gasteiger partial charge is 0.240 e. The van der Waals surface area contributed by atoms with Gasteiger partial charge in [0.25, 0.3) is 0 Å². The molecule has 0 saturated carbocycles. The van der Waals surface area contributed by atoms with Crippen LogP contribution in [0.1, 0.15) is 22.8 Å². The topological polar surface area (TPSA) is 86.6 Å². The van der Waals surface area contributed by atoms with Gasteiger partial charge in [0.1, 0.15) is 0 Å². The van der Waals surface area contributed by atoms with Gasteiger partial charge in [-0.1, -0.05) is 5.16 Å². The predicted octanol–water partition coefficient (Wildman–Crippen LogP) is 1.10. The first-order valence-corrected chi connectivity index (χ1v) is 7.21. The van der Waals surface area contributed by atoms with Crippen molar-refractivity contribution in [3.05, 3.63) is 35.0 Å². The molecule has 0 fully saturated rings. The number of rotatable bonds is 5. The van der Waals surface area contributed by atoms with Crippen LogP contribution >= 0.6 is 0 Å². The molecule has 1 aliphatic rings. The monoisotopic (exact) mass is 304 g/mol. The predicted molar refractivity (Wildman–Crippen MR) is 79.6 cm³/mol. The van der Waals surface area contributed by atoms with Gasteiger partial charge in [0.2, 0.25) is 5.89 Å². The molecule has 22 heavy (non-hydrogen) atoms. The number of nitrogens with zero attached hydrogens (tertiary/aromatic N) is 3. The number of nitrogens with two attached hydrogens (primary N) is 1. The van der Waals surface area contributed by atoms with Crippen molar-refractivity contribution in [1.82, 2.24) is 15.0 Å². The Morgan fingerprint density at radius 1 is 1.23 bits per heavy atom. The summed E-state index contributed by atoms with van der Waals surface area (Å²) < 4.78 is 15.8. The molecule has 0 aliphatic carbocycles. The first kappa shape index (κ1) is 14.8. The van der Waals surface area contributed by atoms with Crippen LogP contribution in [-0.4, -0.2) is 35.8 Å². The summed E-state index contributed by atoms with van der Waals surface area (Å²) in [5.74, 6) is 2.68. The molecular formula is C15H20N4O3. The van der Waals surface area contributed by atoms with Gasteiger partial charge < -0.3 is 19.7 Å². The molecule has 1 aromatic heterocycles. The number of benzene rings is 1. The molecule has 0 radical (unpaired) electrons. The highest BCUT2D eigenvalue weighted by atomic mass is 16.5. The average molecular weight is 304 g/mol. The van der Waals surface area contributed by atoms with Crippen LogP contribution < -0.4 is 15.2 Å². The van der Waals surface area contributed by atoms with E-state index in [9.17, 15) is 0 Å². The van der Waals surface area contributed by atoms with Crippen molar-refractivity contribution in [3.63, 3.8) is 0 Å². The lowest BCUT2D eigenvalue weighted by Crippen LogP contribution is -2.30. The van der Waals surface area contributed by atoms with Crippen LogP contribution in [0.3, 0.4) is 0 Å². The summed E-state index contributed by atoms with van der Waals surface area (Å²) in [7, 11) is 3.31. The van der Waals surface area contributed by atoms with E-state index in [1.807, 2.05) is 6.07 Å². The Labute approximate surface area is 129 Å². The first-order chi connectivity index (χ1) is 10.7. The largest absolute Gasteiger partial charge is 0.493 e. The van der Waals surface area contributed by atoms with Crippen molar-refractivity contribution in [2.45, 2.75) is 26.1 Å². The number of fused-ring (bicyclic) bond motifs is 1. The van der Waals surface area contributed by atoms with Crippen LogP contribution in [0.2, 0.25) is 0 Å². The van der Waals surface area contributed by atoms with Crippen molar-refractivity contribution < 1.29 is 14.0 Å². The summed E-state index contributed by atoms with van der Waals surface area (Å²) in [6, 6.07) is 4.11. The van der Waals surface area contributed by atoms with Gasteiger partial charge >= 0.3 is 0 Å². The quantitative estimate of drug-likeness (QED) is 0.885. The SMILES string of the molecule is COc1cc2c(cc1OC)CN(Cc1noc(CN)n1)CC2. The molecule has 3 rings (SSSR count). The molecule has 0 unspecified atom stereocenters. The molecule has 0 spiro atoms. The highest BCUT2D eigenvalue weighted by molar-refractivity contribution is 5.48. The van der Waals surface area contributed by atoms with E-state index >= 15 is 0 Å². The molecule has 0 bridgehead atoms. The Balaban J connectivity index is 1.75. The molecule has 7 heteroatoms. The van der Waals surface area contributed by atoms with E-state index in [2.05, 4.69) is 21.1 Å². The maximum atomic E-state index is 5.48. The van der Waals surface area contributed by atoms with E-state index in [1.165, 1.54) is 11.1 Å². The van der Waals surface area contributed by atoms with Crippen LogP contribution in [0.5, 0.6) is 11.5 Å². The highest BCUT2D eigenvalue weighted by Crippen LogP contribution is 2.33. The van der Waals surface area contributed by atoms with Crippen molar-refractivity contribution in [3.8, 4) is 11.5 Å². The Morgan fingerprint density at radius 2 is 1.95 bits per heavy atom. The van der Waals surface area contributed by atoms with Crippen molar-refractivity contribution in [2.75, 3.05) is 20.8 Å². The van der Waals surface area contributed by atoms with Crippen molar-refractivity contribution in [1.29, 1.82) is 0 Å². The number of aromatic nitrogens is 2. The summed E-state index contributed by atoms with van der Waals surface area (Å²) in [6.45, 7) is 2.68. The zero-order chi connectivity index (χ0) is 15.5. The van der Waals surface area contributed by atoms with E-state index < -0.39 is 0 Å². The Morgan fingerprint density at radius 3 is 2.59 bits per heavy atom. The maximum absolute atomic E-state index is 5.48. The van der Waals surface area contributed by atoms with Gasteiger partial charge in [-0.2, -0.15) is 4.98 Å². The van der Waals surface area contributed by atoms with E-state index in [0.717, 1.165) is 31.0 Å². The van der Waals surface area contributed by atoms with Gasteiger partial charge in [-0.3, -0.25) is 4.90 Å². The average Bonchev–Trinajstić information content (AvgIpc) is 3.01. The lowest BCUT2D eigenvalue weighted by atomic mass is 9.99. The third kappa shape index (κ3) is 2.90. The molecule has 7 nitrogen and oxygen atoms in total. The molecule has 2 aromatic rings. The second kappa shape index (κ2) is 6.33. The maximum Gasteiger partial charge on any atom is 0.240 e. The fraction of sp³-hybridized carbons (Fsp3) is 0.467. The minimum absolute atomic E-state index is 0.271. The molecule has 0 amide bonds. The second-order valence-corrected chi connectivity index (χ2v) is 5.25. The fourth-order valence-electron chi connectivity index (χ4n) is 2.71. The van der Waals surface area contributed by atoms with Crippen LogP contribution in [0.4, 0.5) is 0 Å². The Bertz CT molecular complexity index is 656. The van der Waals surface area contributed by atoms with Gasteiger partial charge in [0.05, 0.1) is 27.3 Å². The van der Waals surface area contributed by atoms with Crippen LogP contribution in [0, 0.1) is 0 Å². The van der Waals surface area contributed by atoms with Crippen LogP contribution in [0.25, 0.3) is 0 Å². The molecule has 118 valence electrons. The number of hydrogen-bond donors (Lipinski definition) is 1. The van der Waals surface area contributed by atoms with E-state index in [0.29, 0.717) is 18.3 Å². The van der Waals surface area contributed by atoms with Gasteiger partial charge in [-0.25, -0.2) is 0 Å². The molecule has 0 atom stereocenters. The van der Waals surface area contributed by atoms with E-state index in [4.69, 9.17) is 19.7 Å². The number of hydrogen-bond acceptors (Lipinski definition) is 7. The zero-order valence-electron chi connectivity index (χ0n) is 12.8. The third-order valence-electron chi connectivity index (χ3n) is 3.85. The van der Waals surface area contributed by atoms with E-state index in [1.54, 1.807) is 14.2 Å². The summed E-state index contributed by atoms with van der Waals surface area (Å²) >= 11 is 0. The first-order valence-electron chi connectivity index (χ1n) is 7.21. The van der Waals surface area contributed by atoms with Gasteiger partial charge in [-0.05, 0) is 29.7 Å². The van der Waals surface area contributed by atoms with Gasteiger partial charge in [0.15, 0.2) is 17.3 Å².